The lowest BCUT2D eigenvalue weighted by molar-refractivity contribution is 0.542. The standard InChI is InChI=1S/C24H20O2/c1-2-6-19(5-1)9-11-21-13-15-23(25-21)17-18-24-16-14-22(26-24)12-10-20-7-3-4-8-20/h1-20H/b11-9+,12-10+,18-17+. The Morgan fingerprint density at radius 2 is 0.846 bits per heavy atom. The van der Waals surface area contributed by atoms with Gasteiger partial charge in [-0.3, -0.25) is 0 Å². The second-order valence-electron chi connectivity index (χ2n) is 6.23. The first-order chi connectivity index (χ1) is 12.8. The average molecular weight is 340 g/mol. The topological polar surface area (TPSA) is 26.3 Å². The van der Waals surface area contributed by atoms with E-state index in [4.69, 9.17) is 8.83 Å². The van der Waals surface area contributed by atoms with Crippen LogP contribution in [0.3, 0.4) is 0 Å². The Morgan fingerprint density at radius 1 is 0.500 bits per heavy atom. The minimum Gasteiger partial charge on any atom is -0.457 e. The molecule has 4 rings (SSSR count). The lowest BCUT2D eigenvalue weighted by Crippen LogP contribution is -1.79. The Morgan fingerprint density at radius 3 is 1.23 bits per heavy atom. The van der Waals surface area contributed by atoms with Gasteiger partial charge in [-0.2, -0.15) is 0 Å². The summed E-state index contributed by atoms with van der Waals surface area (Å²) in [7, 11) is 0. The Labute approximate surface area is 153 Å². The molecule has 2 heterocycles. The third-order valence-corrected chi connectivity index (χ3v) is 4.23. The SMILES string of the molecule is C1=CC(/C=C/c2ccc(/C=C/c3ccc(/C=C/C4C=CC=C4)o3)o2)C=C1. The second-order valence-corrected chi connectivity index (χ2v) is 6.23. The van der Waals surface area contributed by atoms with Gasteiger partial charge in [-0.05, 0) is 48.6 Å². The van der Waals surface area contributed by atoms with E-state index >= 15 is 0 Å². The van der Waals surface area contributed by atoms with Crippen molar-refractivity contribution in [2.75, 3.05) is 0 Å². The first-order valence-corrected chi connectivity index (χ1v) is 8.79. The number of allylic oxidation sites excluding steroid dienone is 10. The van der Waals surface area contributed by atoms with E-state index in [0.29, 0.717) is 11.8 Å². The summed E-state index contributed by atoms with van der Waals surface area (Å²) in [4.78, 5) is 0. The summed E-state index contributed by atoms with van der Waals surface area (Å²) in [6, 6.07) is 7.85. The van der Waals surface area contributed by atoms with Crippen LogP contribution in [0.4, 0.5) is 0 Å². The highest BCUT2D eigenvalue weighted by Crippen LogP contribution is 2.19. The van der Waals surface area contributed by atoms with Crippen LogP contribution in [0.1, 0.15) is 23.0 Å². The van der Waals surface area contributed by atoms with Gasteiger partial charge in [-0.1, -0.05) is 60.8 Å². The summed E-state index contributed by atoms with van der Waals surface area (Å²) < 4.78 is 11.6. The monoisotopic (exact) mass is 340 g/mol. The van der Waals surface area contributed by atoms with E-state index in [1.54, 1.807) is 0 Å². The number of hydrogen-bond donors (Lipinski definition) is 0. The molecule has 0 saturated heterocycles. The van der Waals surface area contributed by atoms with Crippen LogP contribution in [0.2, 0.25) is 0 Å². The Kier molecular flexibility index (Phi) is 4.83. The number of furan rings is 2. The third-order valence-electron chi connectivity index (χ3n) is 4.23. The molecule has 0 radical (unpaired) electrons. The molecule has 2 aromatic heterocycles. The molecule has 128 valence electrons. The molecule has 0 amide bonds. The Balaban J connectivity index is 1.36. The average Bonchev–Trinajstić information content (AvgIpc) is 3.46. The predicted molar refractivity (Wildman–Crippen MR) is 108 cm³/mol. The minimum atomic E-state index is 0.365. The van der Waals surface area contributed by atoms with Crippen molar-refractivity contribution < 1.29 is 8.83 Å². The second kappa shape index (κ2) is 7.75. The van der Waals surface area contributed by atoms with Crippen molar-refractivity contribution in [1.82, 2.24) is 0 Å². The van der Waals surface area contributed by atoms with Crippen LogP contribution in [0, 0.1) is 11.8 Å². The number of hydrogen-bond acceptors (Lipinski definition) is 2. The molecular formula is C24H20O2. The van der Waals surface area contributed by atoms with E-state index in [-0.39, 0.29) is 0 Å². The van der Waals surface area contributed by atoms with Crippen molar-refractivity contribution >= 4 is 24.3 Å². The molecule has 0 bridgehead atoms. The van der Waals surface area contributed by atoms with Gasteiger partial charge in [-0.25, -0.2) is 0 Å². The summed E-state index contributed by atoms with van der Waals surface area (Å²) in [5.41, 5.74) is 0. The van der Waals surface area contributed by atoms with Gasteiger partial charge in [0.2, 0.25) is 0 Å². The van der Waals surface area contributed by atoms with Crippen molar-refractivity contribution in [3.8, 4) is 0 Å². The molecule has 0 unspecified atom stereocenters. The normalized spacial score (nSPS) is 17.4. The summed E-state index contributed by atoms with van der Waals surface area (Å²) in [5, 5.41) is 0. The highest BCUT2D eigenvalue weighted by atomic mass is 16.3. The third kappa shape index (κ3) is 4.22. The van der Waals surface area contributed by atoms with E-state index in [0.717, 1.165) is 23.0 Å². The predicted octanol–water partition coefficient (Wildman–Crippen LogP) is 6.55. The summed E-state index contributed by atoms with van der Waals surface area (Å²) in [6.45, 7) is 0. The lowest BCUT2D eigenvalue weighted by atomic mass is 10.1. The first kappa shape index (κ1) is 16.2. The molecule has 2 aromatic rings. The summed E-state index contributed by atoms with van der Waals surface area (Å²) in [6.07, 6.45) is 28.9. The molecule has 0 atom stereocenters. The zero-order valence-electron chi connectivity index (χ0n) is 14.4. The number of rotatable bonds is 6. The molecule has 0 fully saturated rings. The molecule has 0 aromatic carbocycles. The molecule has 2 nitrogen and oxygen atoms in total. The first-order valence-electron chi connectivity index (χ1n) is 8.79. The minimum absolute atomic E-state index is 0.365. The lowest BCUT2D eigenvalue weighted by Gasteiger charge is -1.93. The fraction of sp³-hybridized carbons (Fsp3) is 0.0833. The molecule has 2 aliphatic rings. The van der Waals surface area contributed by atoms with E-state index < -0.39 is 0 Å². The van der Waals surface area contributed by atoms with Crippen LogP contribution in [0.15, 0.2) is 93.9 Å². The zero-order chi connectivity index (χ0) is 17.6. The molecule has 0 aliphatic heterocycles. The van der Waals surface area contributed by atoms with Crippen LogP contribution in [0.25, 0.3) is 24.3 Å². The van der Waals surface area contributed by atoms with Crippen LogP contribution < -0.4 is 0 Å². The molecule has 26 heavy (non-hydrogen) atoms. The van der Waals surface area contributed by atoms with Gasteiger partial charge in [-0.15, -0.1) is 0 Å². The highest BCUT2D eigenvalue weighted by molar-refractivity contribution is 5.66. The maximum Gasteiger partial charge on any atom is 0.127 e. The van der Waals surface area contributed by atoms with Gasteiger partial charge in [0, 0.05) is 11.8 Å². The zero-order valence-corrected chi connectivity index (χ0v) is 14.4. The Bertz CT molecular complexity index is 852. The van der Waals surface area contributed by atoms with Gasteiger partial charge in [0.15, 0.2) is 0 Å². The largest absolute Gasteiger partial charge is 0.457 e. The smallest absolute Gasteiger partial charge is 0.127 e. The van der Waals surface area contributed by atoms with Crippen molar-refractivity contribution in [3.63, 3.8) is 0 Å². The molecule has 2 heteroatoms. The van der Waals surface area contributed by atoms with Crippen molar-refractivity contribution in [2.24, 2.45) is 11.8 Å². The Hall–Kier alpha value is -3.26. The van der Waals surface area contributed by atoms with Crippen molar-refractivity contribution in [2.45, 2.75) is 0 Å². The van der Waals surface area contributed by atoms with Crippen LogP contribution in [0.5, 0.6) is 0 Å². The maximum atomic E-state index is 5.79. The van der Waals surface area contributed by atoms with Crippen LogP contribution in [-0.2, 0) is 0 Å². The maximum absolute atomic E-state index is 5.79. The highest BCUT2D eigenvalue weighted by Gasteiger charge is 2.02. The van der Waals surface area contributed by atoms with Gasteiger partial charge >= 0.3 is 0 Å². The van der Waals surface area contributed by atoms with Gasteiger partial charge in [0.25, 0.3) is 0 Å². The van der Waals surface area contributed by atoms with E-state index in [9.17, 15) is 0 Å². The molecule has 0 spiro atoms. The molecule has 0 saturated carbocycles. The van der Waals surface area contributed by atoms with Crippen molar-refractivity contribution in [1.29, 1.82) is 0 Å². The van der Waals surface area contributed by atoms with Gasteiger partial charge in [0.1, 0.15) is 23.0 Å². The molecule has 2 aliphatic carbocycles. The van der Waals surface area contributed by atoms with Crippen LogP contribution in [-0.4, -0.2) is 0 Å². The fourth-order valence-electron chi connectivity index (χ4n) is 2.83. The quantitative estimate of drug-likeness (QED) is 0.595. The van der Waals surface area contributed by atoms with E-state index in [1.807, 2.05) is 48.6 Å². The van der Waals surface area contributed by atoms with Crippen molar-refractivity contribution in [3.05, 3.63) is 108 Å². The molecule has 0 N–H and O–H groups in total. The van der Waals surface area contributed by atoms with E-state index in [2.05, 4.69) is 60.8 Å². The van der Waals surface area contributed by atoms with Gasteiger partial charge in [0.05, 0.1) is 0 Å². The van der Waals surface area contributed by atoms with E-state index in [1.165, 1.54) is 0 Å². The fourth-order valence-corrected chi connectivity index (χ4v) is 2.83. The summed E-state index contributed by atoms with van der Waals surface area (Å²) >= 11 is 0. The van der Waals surface area contributed by atoms with Crippen LogP contribution >= 0.6 is 0 Å². The summed E-state index contributed by atoms with van der Waals surface area (Å²) in [5.74, 6) is 4.03. The molecular weight excluding hydrogens is 320 g/mol. The van der Waals surface area contributed by atoms with Gasteiger partial charge < -0.3 is 8.83 Å².